The van der Waals surface area contributed by atoms with Crippen molar-refractivity contribution < 1.29 is 24.5 Å². The fraction of sp³-hybridized carbons (Fsp3) is 0.385. The summed E-state index contributed by atoms with van der Waals surface area (Å²) < 4.78 is 5.27. The third-order valence-corrected chi connectivity index (χ3v) is 3.88. The molecule has 1 aliphatic heterocycles. The number of hydrogen-bond donors (Lipinski definition) is 2. The average Bonchev–Trinajstić information content (AvgIpc) is 2.82. The molecule has 1 heterocycles. The second-order valence-electron chi connectivity index (χ2n) is 4.65. The molecule has 8 heteroatoms. The Labute approximate surface area is 130 Å². The quantitative estimate of drug-likeness (QED) is 0.870. The van der Waals surface area contributed by atoms with Crippen LogP contribution in [0.4, 0.5) is 0 Å². The van der Waals surface area contributed by atoms with Crippen molar-refractivity contribution in [2.24, 2.45) is 0 Å². The lowest BCUT2D eigenvalue weighted by Crippen LogP contribution is -2.42. The Hall–Kier alpha value is -1.50. The van der Waals surface area contributed by atoms with E-state index in [0.29, 0.717) is 15.8 Å². The van der Waals surface area contributed by atoms with Gasteiger partial charge in [-0.2, -0.15) is 0 Å². The number of nitrogens with zero attached hydrogens (tertiary/aromatic N) is 1. The van der Waals surface area contributed by atoms with E-state index in [4.69, 9.17) is 33.0 Å². The number of carbonyl (C=O) groups excluding carboxylic acids is 1. The number of benzene rings is 1. The zero-order chi connectivity index (χ0) is 15.6. The Morgan fingerprint density at radius 2 is 2.05 bits per heavy atom. The van der Waals surface area contributed by atoms with Crippen molar-refractivity contribution in [3.8, 4) is 5.75 Å². The molecule has 2 atom stereocenters. The highest BCUT2D eigenvalue weighted by molar-refractivity contribution is 6.42. The molecule has 2 N–H and O–H groups in total. The van der Waals surface area contributed by atoms with Crippen molar-refractivity contribution in [3.63, 3.8) is 0 Å². The number of carboxylic acids is 1. The summed E-state index contributed by atoms with van der Waals surface area (Å²) in [6.07, 6.45) is -0.812. The third-order valence-electron chi connectivity index (χ3n) is 3.14. The van der Waals surface area contributed by atoms with Crippen molar-refractivity contribution in [1.82, 2.24) is 4.90 Å². The van der Waals surface area contributed by atoms with Gasteiger partial charge in [0.05, 0.1) is 16.1 Å². The van der Waals surface area contributed by atoms with Crippen molar-refractivity contribution >= 4 is 35.1 Å². The summed E-state index contributed by atoms with van der Waals surface area (Å²) in [5.41, 5.74) is 0. The Morgan fingerprint density at radius 3 is 2.67 bits per heavy atom. The van der Waals surface area contributed by atoms with Gasteiger partial charge in [-0.25, -0.2) is 4.79 Å². The monoisotopic (exact) mass is 333 g/mol. The normalized spacial score (nSPS) is 21.4. The molecule has 1 aromatic carbocycles. The fourth-order valence-corrected chi connectivity index (χ4v) is 2.41. The summed E-state index contributed by atoms with van der Waals surface area (Å²) in [5.74, 6) is -1.30. The molecule has 1 saturated heterocycles. The average molecular weight is 334 g/mol. The highest BCUT2D eigenvalue weighted by atomic mass is 35.5. The van der Waals surface area contributed by atoms with Crippen molar-refractivity contribution in [3.05, 3.63) is 28.2 Å². The van der Waals surface area contributed by atoms with Gasteiger partial charge in [0.1, 0.15) is 11.8 Å². The molecule has 21 heavy (non-hydrogen) atoms. The van der Waals surface area contributed by atoms with Crippen LogP contribution in [-0.2, 0) is 9.59 Å². The van der Waals surface area contributed by atoms with Gasteiger partial charge in [0.15, 0.2) is 6.61 Å². The van der Waals surface area contributed by atoms with Crippen LogP contribution >= 0.6 is 23.2 Å². The van der Waals surface area contributed by atoms with Gasteiger partial charge in [0.2, 0.25) is 0 Å². The predicted octanol–water partition coefficient (Wildman–Crippen LogP) is 1.42. The van der Waals surface area contributed by atoms with E-state index in [1.165, 1.54) is 12.1 Å². The largest absolute Gasteiger partial charge is 0.484 e. The van der Waals surface area contributed by atoms with E-state index in [-0.39, 0.29) is 19.6 Å². The molecule has 1 fully saturated rings. The van der Waals surface area contributed by atoms with Crippen molar-refractivity contribution in [2.75, 3.05) is 13.2 Å². The maximum atomic E-state index is 12.0. The Morgan fingerprint density at radius 1 is 1.33 bits per heavy atom. The maximum absolute atomic E-state index is 12.0. The van der Waals surface area contributed by atoms with Crippen molar-refractivity contribution in [1.29, 1.82) is 0 Å². The summed E-state index contributed by atoms with van der Waals surface area (Å²) in [6, 6.07) is 3.52. The van der Waals surface area contributed by atoms with Gasteiger partial charge in [-0.1, -0.05) is 23.2 Å². The van der Waals surface area contributed by atoms with Gasteiger partial charge >= 0.3 is 5.97 Å². The van der Waals surface area contributed by atoms with E-state index in [2.05, 4.69) is 0 Å². The molecule has 0 saturated carbocycles. The Kier molecular flexibility index (Phi) is 4.92. The molecule has 0 aliphatic carbocycles. The van der Waals surface area contributed by atoms with E-state index in [9.17, 15) is 14.7 Å². The van der Waals surface area contributed by atoms with Crippen LogP contribution in [0.15, 0.2) is 18.2 Å². The number of carboxylic acid groups (broad SMARTS) is 1. The molecule has 1 aromatic rings. The summed E-state index contributed by atoms with van der Waals surface area (Å²) in [6.45, 7) is -0.352. The molecule has 0 spiro atoms. The smallest absolute Gasteiger partial charge is 0.326 e. The standard InChI is InChI=1S/C13H13Cl2NO5/c14-9-2-1-8(4-10(9)15)21-6-12(18)16-5-7(17)3-11(16)13(19)20/h1-2,4,7,11,17H,3,5-6H2,(H,19,20)/t7-,11+/m1/s1. The van der Waals surface area contributed by atoms with Crippen LogP contribution in [0.1, 0.15) is 6.42 Å². The number of amides is 1. The first-order valence-electron chi connectivity index (χ1n) is 6.16. The number of halogens is 2. The van der Waals surface area contributed by atoms with E-state index >= 15 is 0 Å². The maximum Gasteiger partial charge on any atom is 0.326 e. The zero-order valence-corrected chi connectivity index (χ0v) is 12.3. The molecular formula is C13H13Cl2NO5. The lowest BCUT2D eigenvalue weighted by Gasteiger charge is -2.21. The first-order chi connectivity index (χ1) is 9.88. The fourth-order valence-electron chi connectivity index (χ4n) is 2.12. The molecule has 1 aliphatic rings. The van der Waals surface area contributed by atoms with E-state index in [1.54, 1.807) is 6.07 Å². The second kappa shape index (κ2) is 6.51. The van der Waals surface area contributed by atoms with Crippen molar-refractivity contribution in [2.45, 2.75) is 18.6 Å². The number of ether oxygens (including phenoxy) is 1. The number of aliphatic carboxylic acids is 1. The first-order valence-corrected chi connectivity index (χ1v) is 6.92. The van der Waals surface area contributed by atoms with E-state index < -0.39 is 24.0 Å². The van der Waals surface area contributed by atoms with Gasteiger partial charge < -0.3 is 19.8 Å². The minimum atomic E-state index is -1.14. The van der Waals surface area contributed by atoms with Crippen LogP contribution < -0.4 is 4.74 Å². The van der Waals surface area contributed by atoms with Gasteiger partial charge in [0, 0.05) is 19.0 Å². The second-order valence-corrected chi connectivity index (χ2v) is 5.47. The summed E-state index contributed by atoms with van der Waals surface area (Å²) in [4.78, 5) is 24.1. The summed E-state index contributed by atoms with van der Waals surface area (Å²) >= 11 is 11.6. The van der Waals surface area contributed by atoms with Crippen LogP contribution in [0.2, 0.25) is 10.0 Å². The van der Waals surface area contributed by atoms with Gasteiger partial charge in [-0.3, -0.25) is 4.79 Å². The Balaban J connectivity index is 1.97. The molecule has 0 aromatic heterocycles. The number of β-amino-alcohol motifs (C(OH)–C–C–N with tert-alkyl or cyclic N) is 1. The van der Waals surface area contributed by atoms with Gasteiger partial charge in [0.25, 0.3) is 5.91 Å². The molecule has 2 rings (SSSR count). The van der Waals surface area contributed by atoms with Crippen LogP contribution in [0.5, 0.6) is 5.75 Å². The number of carbonyl (C=O) groups is 2. The van der Waals surface area contributed by atoms with E-state index in [0.717, 1.165) is 4.90 Å². The number of aliphatic hydroxyl groups excluding tert-OH is 1. The van der Waals surface area contributed by atoms with Crippen LogP contribution in [0, 0.1) is 0 Å². The molecule has 0 bridgehead atoms. The SMILES string of the molecule is O=C(O)[C@@H]1C[C@@H](O)CN1C(=O)COc1ccc(Cl)c(Cl)c1. The molecular weight excluding hydrogens is 321 g/mol. The number of aliphatic hydroxyl groups is 1. The first kappa shape index (κ1) is 15.9. The highest BCUT2D eigenvalue weighted by Crippen LogP contribution is 2.26. The lowest BCUT2D eigenvalue weighted by molar-refractivity contribution is -0.148. The van der Waals surface area contributed by atoms with Crippen LogP contribution in [0.3, 0.4) is 0 Å². The topological polar surface area (TPSA) is 87.1 Å². The predicted molar refractivity (Wildman–Crippen MR) is 75.7 cm³/mol. The van der Waals surface area contributed by atoms with E-state index in [1.807, 2.05) is 0 Å². The highest BCUT2D eigenvalue weighted by Gasteiger charge is 2.38. The minimum absolute atomic E-state index is 0.0134. The molecule has 0 radical (unpaired) electrons. The summed E-state index contributed by atoms with van der Waals surface area (Å²) in [5, 5.41) is 19.2. The number of rotatable bonds is 4. The molecule has 1 amide bonds. The van der Waals surface area contributed by atoms with Crippen LogP contribution in [-0.4, -0.2) is 52.3 Å². The van der Waals surface area contributed by atoms with Crippen LogP contribution in [0.25, 0.3) is 0 Å². The third kappa shape index (κ3) is 3.78. The minimum Gasteiger partial charge on any atom is -0.484 e. The lowest BCUT2D eigenvalue weighted by atomic mass is 10.2. The zero-order valence-electron chi connectivity index (χ0n) is 10.8. The molecule has 0 unspecified atom stereocenters. The molecule has 114 valence electrons. The van der Waals surface area contributed by atoms with Gasteiger partial charge in [-0.15, -0.1) is 0 Å². The molecule has 6 nitrogen and oxygen atoms in total. The Bertz CT molecular complexity index is 565. The number of hydrogen-bond acceptors (Lipinski definition) is 4. The summed E-state index contributed by atoms with van der Waals surface area (Å²) in [7, 11) is 0. The number of likely N-dealkylation sites (tertiary alicyclic amines) is 1. The van der Waals surface area contributed by atoms with Gasteiger partial charge in [-0.05, 0) is 12.1 Å².